The molecule has 0 spiro atoms. The van der Waals surface area contributed by atoms with Crippen LogP contribution in [0.4, 0.5) is 5.69 Å². The molecule has 3 rings (SSSR count). The first-order chi connectivity index (χ1) is 11.7. The topological polar surface area (TPSA) is 97.4 Å². The van der Waals surface area contributed by atoms with Crippen molar-refractivity contribution < 1.29 is 14.0 Å². The molecule has 2 amide bonds. The summed E-state index contributed by atoms with van der Waals surface area (Å²) >= 11 is 0. The van der Waals surface area contributed by atoms with Crippen molar-refractivity contribution in [1.82, 2.24) is 5.32 Å². The highest BCUT2D eigenvalue weighted by molar-refractivity contribution is 6.03. The number of amides is 2. The molecule has 1 aromatic carbocycles. The highest BCUT2D eigenvalue weighted by Crippen LogP contribution is 2.25. The zero-order valence-corrected chi connectivity index (χ0v) is 13.3. The van der Waals surface area contributed by atoms with E-state index in [0.29, 0.717) is 23.7 Å². The Hall–Kier alpha value is -2.60. The minimum atomic E-state index is -0.350. The summed E-state index contributed by atoms with van der Waals surface area (Å²) < 4.78 is 5.05. The molecule has 1 fully saturated rings. The van der Waals surface area contributed by atoms with E-state index in [-0.39, 0.29) is 23.6 Å². The van der Waals surface area contributed by atoms with Crippen LogP contribution in [0.2, 0.25) is 0 Å². The molecule has 2 aromatic rings. The normalized spacial score (nSPS) is 19.9. The lowest BCUT2D eigenvalue weighted by atomic mass is 10.0. The maximum atomic E-state index is 12.4. The quantitative estimate of drug-likeness (QED) is 0.785. The summed E-state index contributed by atoms with van der Waals surface area (Å²) in [5.74, 6) is 0.0726. The van der Waals surface area contributed by atoms with Gasteiger partial charge in [-0.1, -0.05) is 12.5 Å². The van der Waals surface area contributed by atoms with Gasteiger partial charge in [-0.15, -0.1) is 0 Å². The SMILES string of the molecule is NCC1CCCC1NC(=O)c1cccc(NC(=O)c2ccco2)c1. The van der Waals surface area contributed by atoms with Gasteiger partial charge in [-0.2, -0.15) is 0 Å². The predicted octanol–water partition coefficient (Wildman–Crippen LogP) is 2.39. The van der Waals surface area contributed by atoms with Gasteiger partial charge in [-0.05, 0) is 55.6 Å². The molecule has 1 heterocycles. The van der Waals surface area contributed by atoms with Crippen LogP contribution in [0.5, 0.6) is 0 Å². The molecular formula is C18H21N3O3. The van der Waals surface area contributed by atoms with E-state index >= 15 is 0 Å². The molecule has 0 aliphatic heterocycles. The summed E-state index contributed by atoms with van der Waals surface area (Å²) in [7, 11) is 0. The van der Waals surface area contributed by atoms with Crippen molar-refractivity contribution in [3.63, 3.8) is 0 Å². The summed E-state index contributed by atoms with van der Waals surface area (Å²) in [6.45, 7) is 0.587. The van der Waals surface area contributed by atoms with Crippen LogP contribution in [-0.2, 0) is 0 Å². The van der Waals surface area contributed by atoms with E-state index in [1.807, 2.05) is 0 Å². The molecule has 0 saturated heterocycles. The standard InChI is InChI=1S/C18H21N3O3/c19-11-13-5-2-7-15(13)21-17(22)12-4-1-6-14(10-12)20-18(23)16-8-3-9-24-16/h1,3-4,6,8-10,13,15H,2,5,7,11,19H2,(H,20,23)(H,21,22). The predicted molar refractivity (Wildman–Crippen MR) is 90.8 cm³/mol. The van der Waals surface area contributed by atoms with E-state index in [4.69, 9.17) is 10.2 Å². The van der Waals surface area contributed by atoms with Gasteiger partial charge in [-0.3, -0.25) is 9.59 Å². The number of nitrogens with two attached hydrogens (primary N) is 1. The van der Waals surface area contributed by atoms with Crippen molar-refractivity contribution in [2.75, 3.05) is 11.9 Å². The fourth-order valence-corrected chi connectivity index (χ4v) is 3.10. The van der Waals surface area contributed by atoms with Crippen LogP contribution in [0.25, 0.3) is 0 Å². The summed E-state index contributed by atoms with van der Waals surface area (Å²) in [5, 5.41) is 5.77. The van der Waals surface area contributed by atoms with Crippen LogP contribution in [-0.4, -0.2) is 24.4 Å². The first kappa shape index (κ1) is 16.3. The largest absolute Gasteiger partial charge is 0.459 e. The van der Waals surface area contributed by atoms with E-state index in [2.05, 4.69) is 10.6 Å². The van der Waals surface area contributed by atoms with E-state index in [1.54, 1.807) is 36.4 Å². The molecule has 4 N–H and O–H groups in total. The van der Waals surface area contributed by atoms with Crippen molar-refractivity contribution in [3.05, 3.63) is 54.0 Å². The number of hydrogen-bond acceptors (Lipinski definition) is 4. The second-order valence-corrected chi connectivity index (χ2v) is 6.02. The number of benzene rings is 1. The molecule has 1 aliphatic rings. The van der Waals surface area contributed by atoms with Gasteiger partial charge in [0.05, 0.1) is 6.26 Å². The van der Waals surface area contributed by atoms with Crippen molar-refractivity contribution in [2.45, 2.75) is 25.3 Å². The lowest BCUT2D eigenvalue weighted by Gasteiger charge is -2.19. The highest BCUT2D eigenvalue weighted by atomic mass is 16.3. The Bertz CT molecular complexity index is 712. The fraction of sp³-hybridized carbons (Fsp3) is 0.333. The molecular weight excluding hydrogens is 306 g/mol. The molecule has 1 aliphatic carbocycles. The van der Waals surface area contributed by atoms with E-state index in [0.717, 1.165) is 19.3 Å². The smallest absolute Gasteiger partial charge is 0.291 e. The lowest BCUT2D eigenvalue weighted by Crippen LogP contribution is -2.39. The van der Waals surface area contributed by atoms with Gasteiger partial charge < -0.3 is 20.8 Å². The number of carbonyl (C=O) groups is 2. The molecule has 0 bridgehead atoms. The molecule has 1 saturated carbocycles. The molecule has 126 valence electrons. The third-order valence-electron chi connectivity index (χ3n) is 4.41. The van der Waals surface area contributed by atoms with Crippen LogP contribution in [0.15, 0.2) is 47.1 Å². The monoisotopic (exact) mass is 327 g/mol. The van der Waals surface area contributed by atoms with Crippen LogP contribution in [0.1, 0.15) is 40.2 Å². The zero-order chi connectivity index (χ0) is 16.9. The molecule has 2 atom stereocenters. The Morgan fingerprint density at radius 1 is 1.17 bits per heavy atom. The van der Waals surface area contributed by atoms with Crippen LogP contribution < -0.4 is 16.4 Å². The van der Waals surface area contributed by atoms with Gasteiger partial charge in [0.2, 0.25) is 0 Å². The van der Waals surface area contributed by atoms with Crippen LogP contribution in [0.3, 0.4) is 0 Å². The Labute approximate surface area is 140 Å². The second-order valence-electron chi connectivity index (χ2n) is 6.02. The Morgan fingerprint density at radius 2 is 2.04 bits per heavy atom. The number of anilines is 1. The molecule has 0 radical (unpaired) electrons. The van der Waals surface area contributed by atoms with Gasteiger partial charge in [0, 0.05) is 17.3 Å². The third-order valence-corrected chi connectivity index (χ3v) is 4.41. The van der Waals surface area contributed by atoms with Crippen molar-refractivity contribution >= 4 is 17.5 Å². The number of nitrogens with one attached hydrogen (secondary N) is 2. The lowest BCUT2D eigenvalue weighted by molar-refractivity contribution is 0.0927. The third kappa shape index (κ3) is 3.65. The molecule has 24 heavy (non-hydrogen) atoms. The minimum Gasteiger partial charge on any atom is -0.459 e. The van der Waals surface area contributed by atoms with Crippen LogP contribution >= 0.6 is 0 Å². The fourth-order valence-electron chi connectivity index (χ4n) is 3.10. The maximum Gasteiger partial charge on any atom is 0.291 e. The highest BCUT2D eigenvalue weighted by Gasteiger charge is 2.27. The zero-order valence-electron chi connectivity index (χ0n) is 13.3. The Kier molecular flexibility index (Phi) is 4.96. The number of furan rings is 1. The van der Waals surface area contributed by atoms with Crippen molar-refractivity contribution in [1.29, 1.82) is 0 Å². The number of hydrogen-bond donors (Lipinski definition) is 3. The first-order valence-corrected chi connectivity index (χ1v) is 8.13. The summed E-state index contributed by atoms with van der Waals surface area (Å²) in [4.78, 5) is 24.4. The molecule has 6 nitrogen and oxygen atoms in total. The van der Waals surface area contributed by atoms with Crippen molar-refractivity contribution in [3.8, 4) is 0 Å². The van der Waals surface area contributed by atoms with E-state index < -0.39 is 0 Å². The Balaban J connectivity index is 1.66. The Morgan fingerprint density at radius 3 is 2.79 bits per heavy atom. The molecule has 1 aromatic heterocycles. The number of carbonyl (C=O) groups excluding carboxylic acids is 2. The first-order valence-electron chi connectivity index (χ1n) is 8.13. The van der Waals surface area contributed by atoms with Gasteiger partial charge in [0.15, 0.2) is 5.76 Å². The molecule has 2 unspecified atom stereocenters. The van der Waals surface area contributed by atoms with Gasteiger partial charge in [-0.25, -0.2) is 0 Å². The van der Waals surface area contributed by atoms with Gasteiger partial charge in [0.1, 0.15) is 0 Å². The van der Waals surface area contributed by atoms with E-state index in [1.165, 1.54) is 6.26 Å². The second kappa shape index (κ2) is 7.31. The van der Waals surface area contributed by atoms with Gasteiger partial charge in [0.25, 0.3) is 11.8 Å². The number of rotatable bonds is 5. The summed E-state index contributed by atoms with van der Waals surface area (Å²) in [6.07, 6.45) is 4.55. The van der Waals surface area contributed by atoms with Gasteiger partial charge >= 0.3 is 0 Å². The summed E-state index contributed by atoms with van der Waals surface area (Å²) in [5.41, 5.74) is 6.81. The van der Waals surface area contributed by atoms with E-state index in [9.17, 15) is 9.59 Å². The summed E-state index contributed by atoms with van der Waals surface area (Å²) in [6, 6.07) is 10.2. The van der Waals surface area contributed by atoms with Crippen LogP contribution in [0, 0.1) is 5.92 Å². The molecule has 6 heteroatoms. The maximum absolute atomic E-state index is 12.4. The average Bonchev–Trinajstić information content (AvgIpc) is 3.26. The minimum absolute atomic E-state index is 0.129. The average molecular weight is 327 g/mol. The van der Waals surface area contributed by atoms with Crippen molar-refractivity contribution in [2.24, 2.45) is 11.7 Å².